The second kappa shape index (κ2) is 20.2. The number of methoxy groups -OCH3 is 1. The fourth-order valence-electron chi connectivity index (χ4n) is 8.79. The summed E-state index contributed by atoms with van der Waals surface area (Å²) in [7, 11) is 1.45. The molecule has 0 spiro atoms. The molecule has 4 aliphatic rings. The summed E-state index contributed by atoms with van der Waals surface area (Å²) in [6.07, 6.45) is 10.9. The molecule has 0 aliphatic carbocycles. The van der Waals surface area contributed by atoms with E-state index in [0.717, 1.165) is 68.6 Å². The molecule has 14 heteroatoms. The van der Waals surface area contributed by atoms with Gasteiger partial charge in [-0.3, -0.25) is 24.2 Å². The lowest BCUT2D eigenvalue weighted by Crippen LogP contribution is -2.54. The number of benzene rings is 4. The normalized spacial score (nSPS) is 21.2. The highest BCUT2D eigenvalue weighted by molar-refractivity contribution is 6.31. The summed E-state index contributed by atoms with van der Waals surface area (Å²) in [5, 5.41) is 3.82. The zero-order valence-corrected chi connectivity index (χ0v) is 35.5. The third-order valence-corrected chi connectivity index (χ3v) is 12.3. The average Bonchev–Trinajstić information content (AvgIpc) is 3.58. The lowest BCUT2D eigenvalue weighted by atomic mass is 10.1. The monoisotopic (exact) mass is 870 g/mol. The topological polar surface area (TPSA) is 111 Å². The molecule has 0 radical (unpaired) electrons. The summed E-state index contributed by atoms with van der Waals surface area (Å²) < 4.78 is 31.2. The summed E-state index contributed by atoms with van der Waals surface area (Å²) in [6.45, 7) is 4.27. The molecular formula is C47H50Cl2F2N6O4. The first-order chi connectivity index (χ1) is 29.4. The molecule has 4 heterocycles. The summed E-state index contributed by atoms with van der Waals surface area (Å²) in [6, 6.07) is 25.0. The molecule has 3 N–H and O–H groups in total. The Morgan fingerprint density at radius 2 is 1.10 bits per heavy atom. The highest BCUT2D eigenvalue weighted by Crippen LogP contribution is 2.34. The van der Waals surface area contributed by atoms with Gasteiger partial charge >= 0.3 is 0 Å². The van der Waals surface area contributed by atoms with Crippen LogP contribution in [0.4, 0.5) is 20.2 Å². The molecule has 61 heavy (non-hydrogen) atoms. The number of likely N-dealkylation sites (tertiary alicyclic amines) is 2. The Bertz CT molecular complexity index is 2230. The number of nitrogen functional groups attached to an aromatic ring is 1. The van der Waals surface area contributed by atoms with E-state index >= 15 is 0 Å². The minimum atomic E-state index is -0.297. The van der Waals surface area contributed by atoms with Crippen LogP contribution in [0, 0.1) is 11.6 Å². The summed E-state index contributed by atoms with van der Waals surface area (Å²) >= 11 is 12.0. The van der Waals surface area contributed by atoms with Gasteiger partial charge in [0.1, 0.15) is 18.2 Å². The molecule has 4 fully saturated rings. The molecule has 4 aromatic rings. The molecule has 0 saturated carbocycles. The highest BCUT2D eigenvalue weighted by atomic mass is 35.5. The first-order valence-electron chi connectivity index (χ1n) is 20.5. The number of amides is 3. The van der Waals surface area contributed by atoms with Crippen LogP contribution in [0.5, 0.6) is 0 Å². The second-order valence-corrected chi connectivity index (χ2v) is 16.9. The number of carbonyl (C=O) groups excluding carboxylic acids is 3. The number of nitrogens with zero attached hydrogens (tertiary/aromatic N) is 4. The molecule has 4 atom stereocenters. The predicted octanol–water partition coefficient (Wildman–Crippen LogP) is 7.90. The molecule has 4 aliphatic heterocycles. The van der Waals surface area contributed by atoms with E-state index in [0.29, 0.717) is 64.2 Å². The zero-order valence-electron chi connectivity index (χ0n) is 34.0. The molecule has 8 rings (SSSR count). The number of piperazine rings is 2. The van der Waals surface area contributed by atoms with Crippen LogP contribution in [0.1, 0.15) is 47.9 Å². The standard InChI is InChI=1S/C25H27ClFN3O3.C22H23ClFN3O/c1-33-16-24(31)28-23-12-19(26)6-4-18(23)5-11-25(32)29-14-21-9-10-22(15-29)30(21)13-17-2-7-20(27)8-3-17;23-17-5-3-16(21(25)11-17)4-10-22(28)26-13-19-8-9-20(14-26)27(19)12-15-1-6-18(24)7-2-15/h2-8,11-12,21-22H,9-10,13-16H2,1H3,(H,28,31);1-7,10-11,19-20H,8-9,12-14,25H2/b11-5+;10-4+. The molecule has 4 saturated heterocycles. The van der Waals surface area contributed by atoms with Crippen LogP contribution in [0.3, 0.4) is 0 Å². The van der Waals surface area contributed by atoms with Crippen molar-refractivity contribution in [1.29, 1.82) is 0 Å². The Morgan fingerprint density at radius 3 is 1.54 bits per heavy atom. The maximum absolute atomic E-state index is 13.2. The Balaban J connectivity index is 0.000000186. The number of ether oxygens (including phenoxy) is 1. The third-order valence-electron chi connectivity index (χ3n) is 11.9. The van der Waals surface area contributed by atoms with Crippen molar-refractivity contribution >= 4 is 64.5 Å². The summed E-state index contributed by atoms with van der Waals surface area (Å²) in [5.74, 6) is -0.791. The van der Waals surface area contributed by atoms with Gasteiger partial charge in [-0.25, -0.2) is 8.78 Å². The van der Waals surface area contributed by atoms with Crippen molar-refractivity contribution in [2.75, 3.05) is 50.9 Å². The summed E-state index contributed by atoms with van der Waals surface area (Å²) in [5.41, 5.74) is 10.7. The van der Waals surface area contributed by atoms with Gasteiger partial charge in [0.05, 0.1) is 0 Å². The smallest absolute Gasteiger partial charge is 0.250 e. The number of halogens is 4. The largest absolute Gasteiger partial charge is 0.398 e. The SMILES string of the molecule is COCC(=O)Nc1cc(Cl)ccc1/C=C/C(=O)N1CC2CCC(C1)N2Cc1ccc(F)cc1.Nc1cc(Cl)ccc1/C=C/C(=O)N1CC2CCC(C1)N2Cc1ccc(F)cc1. The van der Waals surface area contributed by atoms with E-state index in [1.54, 1.807) is 54.6 Å². The van der Waals surface area contributed by atoms with Gasteiger partial charge in [-0.1, -0.05) is 59.6 Å². The van der Waals surface area contributed by atoms with Crippen LogP contribution in [0.15, 0.2) is 97.1 Å². The van der Waals surface area contributed by atoms with Crippen molar-refractivity contribution in [1.82, 2.24) is 19.6 Å². The van der Waals surface area contributed by atoms with Crippen LogP contribution in [0.25, 0.3) is 12.2 Å². The molecular weight excluding hydrogens is 821 g/mol. The number of nitrogens with two attached hydrogens (primary N) is 1. The minimum absolute atomic E-state index is 0.00711. The predicted molar refractivity (Wildman–Crippen MR) is 237 cm³/mol. The lowest BCUT2D eigenvalue weighted by molar-refractivity contribution is -0.130. The van der Waals surface area contributed by atoms with Crippen molar-refractivity contribution in [2.24, 2.45) is 0 Å². The quantitative estimate of drug-likeness (QED) is 0.117. The maximum Gasteiger partial charge on any atom is 0.250 e. The molecule has 4 unspecified atom stereocenters. The van der Waals surface area contributed by atoms with Crippen molar-refractivity contribution in [2.45, 2.75) is 62.9 Å². The van der Waals surface area contributed by atoms with E-state index in [-0.39, 0.29) is 36.0 Å². The number of hydrogen-bond acceptors (Lipinski definition) is 7. The average molecular weight is 872 g/mol. The van der Waals surface area contributed by atoms with Crippen LogP contribution >= 0.6 is 23.2 Å². The number of anilines is 2. The Labute approximate surface area is 365 Å². The molecule has 3 amide bonds. The molecule has 10 nitrogen and oxygen atoms in total. The first-order valence-corrected chi connectivity index (χ1v) is 21.3. The Kier molecular flexibility index (Phi) is 14.5. The lowest BCUT2D eigenvalue weighted by Gasteiger charge is -2.40. The van der Waals surface area contributed by atoms with E-state index < -0.39 is 0 Å². The number of fused-ring (bicyclic) bond motifs is 4. The molecule has 4 aromatic carbocycles. The van der Waals surface area contributed by atoms with Crippen LogP contribution < -0.4 is 11.1 Å². The van der Waals surface area contributed by atoms with Gasteiger partial charge in [-0.15, -0.1) is 0 Å². The number of rotatable bonds is 11. The van der Waals surface area contributed by atoms with Crippen molar-refractivity contribution in [3.63, 3.8) is 0 Å². The van der Waals surface area contributed by atoms with Crippen molar-refractivity contribution in [3.05, 3.63) is 141 Å². The van der Waals surface area contributed by atoms with Crippen molar-refractivity contribution < 1.29 is 27.9 Å². The Hall–Kier alpha value is -5.11. The molecule has 0 aromatic heterocycles. The third kappa shape index (κ3) is 11.4. The number of carbonyl (C=O) groups is 3. The van der Waals surface area contributed by atoms with Gasteiger partial charge in [-0.05, 0) is 109 Å². The number of hydrogen-bond donors (Lipinski definition) is 2. The maximum atomic E-state index is 13.2. The number of nitrogens with one attached hydrogen (secondary N) is 1. The minimum Gasteiger partial charge on any atom is -0.398 e. The van der Waals surface area contributed by atoms with E-state index in [1.807, 2.05) is 40.1 Å². The zero-order chi connectivity index (χ0) is 43.0. The van der Waals surface area contributed by atoms with Crippen LogP contribution in [-0.2, 0) is 32.2 Å². The van der Waals surface area contributed by atoms with E-state index in [2.05, 4.69) is 15.1 Å². The van der Waals surface area contributed by atoms with E-state index in [9.17, 15) is 23.2 Å². The van der Waals surface area contributed by atoms with Gasteiger partial charge in [0.25, 0.3) is 0 Å². The van der Waals surface area contributed by atoms with Gasteiger partial charge in [0.2, 0.25) is 17.7 Å². The van der Waals surface area contributed by atoms with Crippen LogP contribution in [-0.4, -0.2) is 101 Å². The Morgan fingerprint density at radius 1 is 0.672 bits per heavy atom. The fraction of sp³-hybridized carbons (Fsp3) is 0.340. The highest BCUT2D eigenvalue weighted by Gasteiger charge is 2.42. The first kappa shape index (κ1) is 44.0. The molecule has 4 bridgehead atoms. The fourth-order valence-corrected chi connectivity index (χ4v) is 9.14. The van der Waals surface area contributed by atoms with Gasteiger partial charge < -0.3 is 25.6 Å². The van der Waals surface area contributed by atoms with Crippen LogP contribution in [0.2, 0.25) is 10.0 Å². The van der Waals surface area contributed by atoms with E-state index in [4.69, 9.17) is 33.7 Å². The van der Waals surface area contributed by atoms with Gasteiger partial charge in [0.15, 0.2) is 0 Å². The summed E-state index contributed by atoms with van der Waals surface area (Å²) in [4.78, 5) is 46.2. The van der Waals surface area contributed by atoms with E-state index in [1.165, 1.54) is 31.4 Å². The second-order valence-electron chi connectivity index (χ2n) is 16.0. The van der Waals surface area contributed by atoms with Crippen molar-refractivity contribution in [3.8, 4) is 0 Å². The van der Waals surface area contributed by atoms with Gasteiger partial charge in [0, 0.05) is 104 Å². The molecule has 320 valence electrons. The van der Waals surface area contributed by atoms with Gasteiger partial charge in [-0.2, -0.15) is 0 Å².